The molecule has 0 aromatic heterocycles. The van der Waals surface area contributed by atoms with Gasteiger partial charge in [-0.2, -0.15) is 0 Å². The van der Waals surface area contributed by atoms with Crippen LogP contribution in [0.25, 0.3) is 0 Å². The Labute approximate surface area is 107 Å². The zero-order chi connectivity index (χ0) is 13.0. The molecule has 1 unspecified atom stereocenters. The van der Waals surface area contributed by atoms with Crippen molar-refractivity contribution in [2.24, 2.45) is 5.73 Å². The van der Waals surface area contributed by atoms with E-state index in [1.54, 1.807) is 0 Å². The third kappa shape index (κ3) is 3.21. The first-order chi connectivity index (χ1) is 8.70. The molecule has 1 aliphatic heterocycles. The van der Waals surface area contributed by atoms with E-state index in [4.69, 9.17) is 5.73 Å². The van der Waals surface area contributed by atoms with Crippen molar-refractivity contribution in [2.45, 2.75) is 38.3 Å². The van der Waals surface area contributed by atoms with Crippen molar-refractivity contribution >= 4 is 0 Å². The second-order valence-electron chi connectivity index (χ2n) is 4.97. The minimum absolute atomic E-state index is 0.175. The molecular weight excluding hydrogens is 231 g/mol. The average Bonchev–Trinajstić information content (AvgIpc) is 2.36. The number of piperidine rings is 1. The fraction of sp³-hybridized carbons (Fsp3) is 0.571. The van der Waals surface area contributed by atoms with E-state index >= 15 is 0 Å². The molecule has 0 amide bonds. The van der Waals surface area contributed by atoms with E-state index in [0.717, 1.165) is 25.8 Å². The first-order valence-corrected chi connectivity index (χ1v) is 6.62. The minimum atomic E-state index is -0.296. The van der Waals surface area contributed by atoms with Gasteiger partial charge in [-0.15, -0.1) is 0 Å². The quantitative estimate of drug-likeness (QED) is 0.864. The molecule has 1 atom stereocenters. The minimum Gasteiger partial charge on any atom is -0.508 e. The van der Waals surface area contributed by atoms with Crippen molar-refractivity contribution < 1.29 is 9.50 Å². The summed E-state index contributed by atoms with van der Waals surface area (Å²) in [4.78, 5) is 2.31. The number of rotatable bonds is 4. The molecule has 1 aromatic rings. The SMILES string of the molecule is NCCC1CCCCN1Cc1cc(F)ccc1O. The fourth-order valence-corrected chi connectivity index (χ4v) is 2.69. The van der Waals surface area contributed by atoms with Crippen molar-refractivity contribution in [1.29, 1.82) is 0 Å². The van der Waals surface area contributed by atoms with E-state index in [2.05, 4.69) is 4.90 Å². The van der Waals surface area contributed by atoms with E-state index in [1.807, 2.05) is 0 Å². The molecule has 3 N–H and O–H groups in total. The molecule has 1 saturated heterocycles. The molecule has 2 rings (SSSR count). The summed E-state index contributed by atoms with van der Waals surface area (Å²) in [5.74, 6) is -0.122. The molecule has 0 bridgehead atoms. The fourth-order valence-electron chi connectivity index (χ4n) is 2.69. The van der Waals surface area contributed by atoms with Crippen LogP contribution in [0, 0.1) is 5.82 Å². The van der Waals surface area contributed by atoms with Crippen LogP contribution in [-0.2, 0) is 6.54 Å². The number of hydrogen-bond acceptors (Lipinski definition) is 3. The molecule has 1 aromatic carbocycles. The number of phenolic OH excluding ortho intramolecular Hbond substituents is 1. The first kappa shape index (κ1) is 13.3. The van der Waals surface area contributed by atoms with Crippen molar-refractivity contribution in [3.63, 3.8) is 0 Å². The summed E-state index contributed by atoms with van der Waals surface area (Å²) in [6, 6.07) is 4.59. The van der Waals surface area contributed by atoms with E-state index in [0.29, 0.717) is 24.7 Å². The predicted octanol–water partition coefficient (Wildman–Crippen LogP) is 2.23. The Morgan fingerprint density at radius 3 is 3.00 bits per heavy atom. The second kappa shape index (κ2) is 6.16. The Bertz CT molecular complexity index is 395. The summed E-state index contributed by atoms with van der Waals surface area (Å²) in [5.41, 5.74) is 6.30. The van der Waals surface area contributed by atoms with Gasteiger partial charge in [0.05, 0.1) is 0 Å². The highest BCUT2D eigenvalue weighted by Gasteiger charge is 2.22. The monoisotopic (exact) mass is 252 g/mol. The van der Waals surface area contributed by atoms with Crippen LogP contribution in [0.15, 0.2) is 18.2 Å². The summed E-state index contributed by atoms with van der Waals surface area (Å²) in [6.07, 6.45) is 4.51. The molecule has 4 heteroatoms. The lowest BCUT2D eigenvalue weighted by atomic mass is 9.98. The van der Waals surface area contributed by atoms with Crippen LogP contribution in [0.1, 0.15) is 31.2 Å². The Balaban J connectivity index is 2.08. The van der Waals surface area contributed by atoms with Crippen molar-refractivity contribution in [3.8, 4) is 5.75 Å². The van der Waals surface area contributed by atoms with Crippen LogP contribution in [0.3, 0.4) is 0 Å². The molecule has 1 heterocycles. The van der Waals surface area contributed by atoms with Gasteiger partial charge >= 0.3 is 0 Å². The molecule has 0 aliphatic carbocycles. The van der Waals surface area contributed by atoms with Crippen molar-refractivity contribution in [2.75, 3.05) is 13.1 Å². The van der Waals surface area contributed by atoms with Gasteiger partial charge in [0.1, 0.15) is 11.6 Å². The molecular formula is C14H21FN2O. The number of halogens is 1. The number of likely N-dealkylation sites (tertiary alicyclic amines) is 1. The lowest BCUT2D eigenvalue weighted by Crippen LogP contribution is -2.40. The van der Waals surface area contributed by atoms with Gasteiger partial charge in [-0.25, -0.2) is 4.39 Å². The van der Waals surface area contributed by atoms with Gasteiger partial charge in [0.15, 0.2) is 0 Å². The maximum Gasteiger partial charge on any atom is 0.123 e. The third-order valence-electron chi connectivity index (χ3n) is 3.66. The van der Waals surface area contributed by atoms with Gasteiger partial charge in [-0.05, 0) is 50.6 Å². The highest BCUT2D eigenvalue weighted by Crippen LogP contribution is 2.25. The Kier molecular flexibility index (Phi) is 4.55. The zero-order valence-corrected chi connectivity index (χ0v) is 10.6. The zero-order valence-electron chi connectivity index (χ0n) is 10.6. The largest absolute Gasteiger partial charge is 0.508 e. The van der Waals surface area contributed by atoms with Crippen molar-refractivity contribution in [3.05, 3.63) is 29.6 Å². The molecule has 0 saturated carbocycles. The number of hydrogen-bond donors (Lipinski definition) is 2. The highest BCUT2D eigenvalue weighted by molar-refractivity contribution is 5.32. The summed E-state index contributed by atoms with van der Waals surface area (Å²) >= 11 is 0. The van der Waals surface area contributed by atoms with Gasteiger partial charge in [-0.3, -0.25) is 4.90 Å². The lowest BCUT2D eigenvalue weighted by Gasteiger charge is -2.35. The normalized spacial score (nSPS) is 21.1. The summed E-state index contributed by atoms with van der Waals surface area (Å²) in [7, 11) is 0. The Hall–Kier alpha value is -1.13. The van der Waals surface area contributed by atoms with E-state index in [1.165, 1.54) is 24.6 Å². The number of aromatic hydroxyl groups is 1. The molecule has 1 fully saturated rings. The van der Waals surface area contributed by atoms with Crippen molar-refractivity contribution in [1.82, 2.24) is 4.90 Å². The van der Waals surface area contributed by atoms with Crippen LogP contribution in [-0.4, -0.2) is 29.1 Å². The van der Waals surface area contributed by atoms with Crippen LogP contribution in [0.2, 0.25) is 0 Å². The second-order valence-corrected chi connectivity index (χ2v) is 4.97. The van der Waals surface area contributed by atoms with Gasteiger partial charge in [0, 0.05) is 18.2 Å². The van der Waals surface area contributed by atoms with E-state index in [9.17, 15) is 9.50 Å². The number of benzene rings is 1. The summed E-state index contributed by atoms with van der Waals surface area (Å²) in [6.45, 7) is 2.28. The maximum atomic E-state index is 13.2. The van der Waals surface area contributed by atoms with Gasteiger partial charge < -0.3 is 10.8 Å². The molecule has 1 aliphatic rings. The van der Waals surface area contributed by atoms with Crippen LogP contribution in [0.5, 0.6) is 5.75 Å². The smallest absolute Gasteiger partial charge is 0.123 e. The number of phenols is 1. The van der Waals surface area contributed by atoms with E-state index in [-0.39, 0.29) is 11.6 Å². The summed E-state index contributed by atoms with van der Waals surface area (Å²) in [5, 5.41) is 9.76. The highest BCUT2D eigenvalue weighted by atomic mass is 19.1. The van der Waals surface area contributed by atoms with Gasteiger partial charge in [-0.1, -0.05) is 6.42 Å². The first-order valence-electron chi connectivity index (χ1n) is 6.62. The maximum absolute atomic E-state index is 13.2. The summed E-state index contributed by atoms with van der Waals surface area (Å²) < 4.78 is 13.2. The number of nitrogens with zero attached hydrogens (tertiary/aromatic N) is 1. The molecule has 0 spiro atoms. The Morgan fingerprint density at radius 1 is 1.39 bits per heavy atom. The van der Waals surface area contributed by atoms with Crippen LogP contribution >= 0.6 is 0 Å². The molecule has 18 heavy (non-hydrogen) atoms. The standard InChI is InChI=1S/C14H21FN2O/c15-12-4-5-14(18)11(9-12)10-17-8-2-1-3-13(17)6-7-16/h4-5,9,13,18H,1-3,6-8,10,16H2. The third-order valence-corrected chi connectivity index (χ3v) is 3.66. The topological polar surface area (TPSA) is 49.5 Å². The average molecular weight is 252 g/mol. The molecule has 3 nitrogen and oxygen atoms in total. The van der Waals surface area contributed by atoms with E-state index < -0.39 is 0 Å². The van der Waals surface area contributed by atoms with Crippen LogP contribution in [0.4, 0.5) is 4.39 Å². The molecule has 100 valence electrons. The van der Waals surface area contributed by atoms with Gasteiger partial charge in [0.2, 0.25) is 0 Å². The number of nitrogens with two attached hydrogens (primary N) is 1. The lowest BCUT2D eigenvalue weighted by molar-refractivity contribution is 0.133. The predicted molar refractivity (Wildman–Crippen MR) is 69.8 cm³/mol. The van der Waals surface area contributed by atoms with Gasteiger partial charge in [0.25, 0.3) is 0 Å². The molecule has 0 radical (unpaired) electrons. The van der Waals surface area contributed by atoms with Crippen LogP contribution < -0.4 is 5.73 Å². The Morgan fingerprint density at radius 2 is 2.22 bits per heavy atom.